The quantitative estimate of drug-likeness (QED) is 0.841. The summed E-state index contributed by atoms with van der Waals surface area (Å²) in [5.41, 5.74) is 5.80. The molecule has 104 valence electrons. The van der Waals surface area contributed by atoms with Gasteiger partial charge < -0.3 is 11.1 Å². The number of carbonyl (C=O) groups is 1. The molecule has 1 amide bonds. The molecule has 1 aliphatic rings. The molecular formula is C13H19N3OS2. The third kappa shape index (κ3) is 3.12. The van der Waals surface area contributed by atoms with Gasteiger partial charge in [0.25, 0.3) is 5.91 Å². The van der Waals surface area contributed by atoms with Crippen molar-refractivity contribution in [3.05, 3.63) is 16.1 Å². The second-order valence-electron chi connectivity index (χ2n) is 5.33. The molecule has 6 heteroatoms. The minimum atomic E-state index is -0.531. The minimum absolute atomic E-state index is 0.174. The van der Waals surface area contributed by atoms with Crippen molar-refractivity contribution in [2.75, 3.05) is 0 Å². The predicted octanol–water partition coefficient (Wildman–Crippen LogP) is 2.42. The van der Waals surface area contributed by atoms with Gasteiger partial charge in [0.2, 0.25) is 0 Å². The number of thiazole rings is 1. The van der Waals surface area contributed by atoms with Crippen molar-refractivity contribution >= 4 is 34.5 Å². The molecule has 0 bridgehead atoms. The number of rotatable bonds is 3. The van der Waals surface area contributed by atoms with Crippen molar-refractivity contribution in [2.45, 2.75) is 45.1 Å². The highest BCUT2D eigenvalue weighted by Crippen LogP contribution is 2.32. The van der Waals surface area contributed by atoms with Crippen LogP contribution in [-0.2, 0) is 0 Å². The third-order valence-electron chi connectivity index (χ3n) is 3.80. The molecule has 0 aliphatic heterocycles. The van der Waals surface area contributed by atoms with E-state index in [-0.39, 0.29) is 5.91 Å². The average molecular weight is 297 g/mol. The summed E-state index contributed by atoms with van der Waals surface area (Å²) in [6.07, 6.45) is 3.71. The first-order chi connectivity index (χ1) is 8.93. The number of nitrogens with one attached hydrogen (secondary N) is 1. The molecule has 1 aromatic rings. The minimum Gasteiger partial charge on any atom is -0.391 e. The molecule has 1 aliphatic carbocycles. The Morgan fingerprint density at radius 2 is 2.21 bits per heavy atom. The Balaban J connectivity index is 2.13. The molecule has 19 heavy (non-hydrogen) atoms. The maximum atomic E-state index is 12.2. The second-order valence-corrected chi connectivity index (χ2v) is 6.84. The van der Waals surface area contributed by atoms with Crippen LogP contribution in [0.25, 0.3) is 0 Å². The summed E-state index contributed by atoms with van der Waals surface area (Å²) in [7, 11) is 0. The van der Waals surface area contributed by atoms with Crippen molar-refractivity contribution in [3.63, 3.8) is 0 Å². The highest BCUT2D eigenvalue weighted by Gasteiger charge is 2.38. The fourth-order valence-electron chi connectivity index (χ4n) is 2.44. The normalized spacial score (nSPS) is 26.9. The van der Waals surface area contributed by atoms with Gasteiger partial charge in [-0.2, -0.15) is 0 Å². The fourth-order valence-corrected chi connectivity index (χ4v) is 3.29. The van der Waals surface area contributed by atoms with Crippen LogP contribution in [0.4, 0.5) is 0 Å². The molecule has 4 nitrogen and oxygen atoms in total. The first-order valence-electron chi connectivity index (χ1n) is 6.47. The van der Waals surface area contributed by atoms with Gasteiger partial charge in [0.05, 0.1) is 15.5 Å². The molecule has 1 aromatic heterocycles. The van der Waals surface area contributed by atoms with Crippen LogP contribution in [0.15, 0.2) is 5.38 Å². The van der Waals surface area contributed by atoms with Crippen LogP contribution in [0.2, 0.25) is 0 Å². The van der Waals surface area contributed by atoms with Crippen molar-refractivity contribution in [3.8, 4) is 0 Å². The lowest BCUT2D eigenvalue weighted by Gasteiger charge is -2.39. The Kier molecular flexibility index (Phi) is 4.20. The second kappa shape index (κ2) is 5.54. The van der Waals surface area contributed by atoms with Crippen molar-refractivity contribution in [1.29, 1.82) is 0 Å². The van der Waals surface area contributed by atoms with E-state index < -0.39 is 5.54 Å². The van der Waals surface area contributed by atoms with E-state index in [0.29, 0.717) is 16.6 Å². The van der Waals surface area contributed by atoms with E-state index in [4.69, 9.17) is 18.0 Å². The van der Waals surface area contributed by atoms with Gasteiger partial charge in [-0.15, -0.1) is 11.3 Å². The van der Waals surface area contributed by atoms with Crippen LogP contribution < -0.4 is 11.1 Å². The number of thiocarbonyl (C=S) groups is 1. The summed E-state index contributed by atoms with van der Waals surface area (Å²) >= 11 is 6.65. The van der Waals surface area contributed by atoms with Crippen molar-refractivity contribution < 1.29 is 4.79 Å². The Labute approximate surface area is 122 Å². The molecule has 1 fully saturated rings. The summed E-state index contributed by atoms with van der Waals surface area (Å²) in [6.45, 7) is 4.10. The molecule has 0 spiro atoms. The van der Waals surface area contributed by atoms with E-state index >= 15 is 0 Å². The highest BCUT2D eigenvalue weighted by molar-refractivity contribution is 7.80. The molecule has 2 rings (SSSR count). The number of carbonyl (C=O) groups excluding carboxylic acids is 1. The molecule has 0 aromatic carbocycles. The number of amides is 1. The van der Waals surface area contributed by atoms with Gasteiger partial charge in [-0.3, -0.25) is 4.79 Å². The zero-order valence-electron chi connectivity index (χ0n) is 11.2. The summed E-state index contributed by atoms with van der Waals surface area (Å²) in [4.78, 5) is 16.8. The van der Waals surface area contributed by atoms with E-state index in [0.717, 1.165) is 30.7 Å². The third-order valence-corrected chi connectivity index (χ3v) is 4.97. The number of aromatic nitrogens is 1. The van der Waals surface area contributed by atoms with Gasteiger partial charge in [-0.25, -0.2) is 4.98 Å². The fraction of sp³-hybridized carbons (Fsp3) is 0.615. The average Bonchev–Trinajstić information content (AvgIpc) is 2.79. The zero-order valence-corrected chi connectivity index (χ0v) is 12.9. The topological polar surface area (TPSA) is 68.0 Å². The van der Waals surface area contributed by atoms with Crippen molar-refractivity contribution in [2.24, 2.45) is 11.7 Å². The molecule has 0 unspecified atom stereocenters. The molecular weight excluding hydrogens is 278 g/mol. The summed E-state index contributed by atoms with van der Waals surface area (Å²) in [5, 5.41) is 5.67. The van der Waals surface area contributed by atoms with Gasteiger partial charge in [0.1, 0.15) is 5.69 Å². The maximum Gasteiger partial charge on any atom is 0.271 e. The number of hydrogen-bond donors (Lipinski definition) is 2. The summed E-state index contributed by atoms with van der Waals surface area (Å²) in [5.74, 6) is 0.493. The molecule has 1 saturated carbocycles. The van der Waals surface area contributed by atoms with E-state index in [1.165, 1.54) is 11.3 Å². The van der Waals surface area contributed by atoms with Crippen LogP contribution in [-0.4, -0.2) is 21.4 Å². The molecule has 1 heterocycles. The summed E-state index contributed by atoms with van der Waals surface area (Å²) in [6, 6.07) is 0. The van der Waals surface area contributed by atoms with Crippen molar-refractivity contribution in [1.82, 2.24) is 10.3 Å². The lowest BCUT2D eigenvalue weighted by molar-refractivity contribution is 0.0896. The van der Waals surface area contributed by atoms with E-state index in [1.807, 2.05) is 6.92 Å². The smallest absolute Gasteiger partial charge is 0.271 e. The monoisotopic (exact) mass is 297 g/mol. The Morgan fingerprint density at radius 1 is 1.58 bits per heavy atom. The number of hydrogen-bond acceptors (Lipinski definition) is 4. The zero-order chi connectivity index (χ0) is 14.0. The van der Waals surface area contributed by atoms with E-state index in [2.05, 4.69) is 17.2 Å². The number of aryl methyl sites for hydroxylation is 1. The standard InChI is InChI=1S/C13H19N3OS2/c1-8-3-5-13(6-4-8,12(14)18)16-11(17)10-7-19-9(2)15-10/h7-8H,3-6H2,1-2H3,(H2,14,18)(H,16,17). The van der Waals surface area contributed by atoms with Crippen LogP contribution in [0.1, 0.15) is 48.1 Å². The number of nitrogens with zero attached hydrogens (tertiary/aromatic N) is 1. The predicted molar refractivity (Wildman–Crippen MR) is 81.5 cm³/mol. The van der Waals surface area contributed by atoms with Crippen LogP contribution >= 0.6 is 23.6 Å². The van der Waals surface area contributed by atoms with Crippen LogP contribution in [0, 0.1) is 12.8 Å². The Bertz CT molecular complexity index is 490. The molecule has 0 atom stereocenters. The van der Waals surface area contributed by atoms with E-state index in [9.17, 15) is 4.79 Å². The SMILES string of the molecule is Cc1nc(C(=O)NC2(C(N)=S)CCC(C)CC2)cs1. The van der Waals surface area contributed by atoms with Crippen LogP contribution in [0.3, 0.4) is 0 Å². The lowest BCUT2D eigenvalue weighted by Crippen LogP contribution is -2.58. The number of nitrogens with two attached hydrogens (primary N) is 1. The highest BCUT2D eigenvalue weighted by atomic mass is 32.1. The van der Waals surface area contributed by atoms with Gasteiger partial charge in [0, 0.05) is 5.38 Å². The Morgan fingerprint density at radius 3 is 2.68 bits per heavy atom. The largest absolute Gasteiger partial charge is 0.391 e. The maximum absolute atomic E-state index is 12.2. The van der Waals surface area contributed by atoms with Gasteiger partial charge in [-0.1, -0.05) is 19.1 Å². The van der Waals surface area contributed by atoms with Gasteiger partial charge in [0.15, 0.2) is 0 Å². The lowest BCUT2D eigenvalue weighted by atomic mass is 9.77. The Hall–Kier alpha value is -1.01. The van der Waals surface area contributed by atoms with Gasteiger partial charge in [-0.05, 0) is 38.5 Å². The summed E-state index contributed by atoms with van der Waals surface area (Å²) < 4.78 is 0. The molecule has 0 saturated heterocycles. The van der Waals surface area contributed by atoms with Crippen LogP contribution in [0.5, 0.6) is 0 Å². The molecule has 0 radical (unpaired) electrons. The molecule has 3 N–H and O–H groups in total. The first-order valence-corrected chi connectivity index (χ1v) is 7.76. The van der Waals surface area contributed by atoms with E-state index in [1.54, 1.807) is 5.38 Å². The van der Waals surface area contributed by atoms with Gasteiger partial charge >= 0.3 is 0 Å². The first kappa shape index (κ1) is 14.4.